The Morgan fingerprint density at radius 1 is 1.04 bits per heavy atom. The number of carbonyl (C=O) groups excluding carboxylic acids is 1. The number of halogens is 1. The van der Waals surface area contributed by atoms with Crippen molar-refractivity contribution in [2.45, 2.75) is 12.8 Å². The van der Waals surface area contributed by atoms with Crippen LogP contribution in [-0.4, -0.2) is 26.1 Å². The highest BCUT2D eigenvalue weighted by Crippen LogP contribution is 2.14. The lowest BCUT2D eigenvalue weighted by molar-refractivity contribution is -0.120. The monoisotopic (exact) mass is 332 g/mol. The van der Waals surface area contributed by atoms with Crippen molar-refractivity contribution < 1.29 is 9.53 Å². The van der Waals surface area contributed by atoms with E-state index in [4.69, 9.17) is 16.3 Å². The van der Waals surface area contributed by atoms with Gasteiger partial charge in [-0.1, -0.05) is 23.7 Å². The minimum Gasteiger partial charge on any atom is -0.497 e. The zero-order valence-corrected chi connectivity index (χ0v) is 13.9. The van der Waals surface area contributed by atoms with Crippen molar-refractivity contribution in [3.63, 3.8) is 0 Å². The van der Waals surface area contributed by atoms with Gasteiger partial charge in [-0.3, -0.25) is 4.79 Å². The number of hydrogen-bond donors (Lipinski definition) is 2. The molecule has 1 amide bonds. The summed E-state index contributed by atoms with van der Waals surface area (Å²) < 4.78 is 5.10. The molecule has 0 unspecified atom stereocenters. The highest BCUT2D eigenvalue weighted by molar-refractivity contribution is 6.30. The molecule has 0 saturated carbocycles. The lowest BCUT2D eigenvalue weighted by Gasteiger charge is -2.08. The number of rotatable bonds is 8. The predicted octanol–water partition coefficient (Wildman–Crippen LogP) is 3.51. The smallest absolute Gasteiger partial charge is 0.221 e. The maximum absolute atomic E-state index is 11.8. The minimum atomic E-state index is 0.0416. The van der Waals surface area contributed by atoms with Crippen LogP contribution in [0, 0.1) is 0 Å². The third-order valence-electron chi connectivity index (χ3n) is 3.42. The zero-order chi connectivity index (χ0) is 16.5. The van der Waals surface area contributed by atoms with Crippen molar-refractivity contribution in [3.8, 4) is 5.75 Å². The van der Waals surface area contributed by atoms with Crippen molar-refractivity contribution in [3.05, 3.63) is 59.1 Å². The van der Waals surface area contributed by atoms with Gasteiger partial charge in [-0.05, 0) is 48.4 Å². The molecule has 4 nitrogen and oxygen atoms in total. The van der Waals surface area contributed by atoms with Crippen molar-refractivity contribution in [2.75, 3.05) is 25.5 Å². The molecular formula is C18H21ClN2O2. The molecule has 23 heavy (non-hydrogen) atoms. The summed E-state index contributed by atoms with van der Waals surface area (Å²) in [5, 5.41) is 6.85. The Balaban J connectivity index is 1.62. The zero-order valence-electron chi connectivity index (χ0n) is 13.1. The number of hydrogen-bond acceptors (Lipinski definition) is 3. The van der Waals surface area contributed by atoms with Gasteiger partial charge < -0.3 is 15.4 Å². The Labute approximate surface area is 141 Å². The molecule has 0 heterocycles. The molecule has 0 bridgehead atoms. The summed E-state index contributed by atoms with van der Waals surface area (Å²) in [7, 11) is 1.64. The van der Waals surface area contributed by atoms with Gasteiger partial charge in [0.1, 0.15) is 5.75 Å². The van der Waals surface area contributed by atoms with Crippen molar-refractivity contribution >= 4 is 23.2 Å². The minimum absolute atomic E-state index is 0.0416. The van der Waals surface area contributed by atoms with E-state index in [1.54, 1.807) is 7.11 Å². The van der Waals surface area contributed by atoms with E-state index in [-0.39, 0.29) is 5.91 Å². The Morgan fingerprint density at radius 2 is 1.74 bits per heavy atom. The molecule has 122 valence electrons. The van der Waals surface area contributed by atoms with Crippen LogP contribution in [0.2, 0.25) is 5.02 Å². The first-order chi connectivity index (χ1) is 11.2. The van der Waals surface area contributed by atoms with Crippen LogP contribution in [0.15, 0.2) is 48.5 Å². The van der Waals surface area contributed by atoms with Crippen LogP contribution in [0.3, 0.4) is 0 Å². The fourth-order valence-corrected chi connectivity index (χ4v) is 2.24. The molecular weight excluding hydrogens is 312 g/mol. The number of amides is 1. The first-order valence-corrected chi connectivity index (χ1v) is 7.94. The van der Waals surface area contributed by atoms with E-state index >= 15 is 0 Å². The van der Waals surface area contributed by atoms with Gasteiger partial charge in [0.05, 0.1) is 7.11 Å². The van der Waals surface area contributed by atoms with E-state index in [0.717, 1.165) is 28.4 Å². The van der Waals surface area contributed by atoms with Crippen LogP contribution >= 0.6 is 11.6 Å². The Hall–Kier alpha value is -2.20. The first-order valence-electron chi connectivity index (χ1n) is 7.56. The summed E-state index contributed by atoms with van der Waals surface area (Å²) in [6.45, 7) is 1.22. The van der Waals surface area contributed by atoms with E-state index in [0.29, 0.717) is 19.5 Å². The van der Waals surface area contributed by atoms with Gasteiger partial charge in [0.25, 0.3) is 0 Å². The standard InChI is InChI=1S/C18H21ClN2O2/c1-23-17-8-6-16(7-9-17)20-13-11-18(22)21-12-10-14-2-4-15(19)5-3-14/h2-9,20H,10-13H2,1H3,(H,21,22). The van der Waals surface area contributed by atoms with E-state index < -0.39 is 0 Å². The lowest BCUT2D eigenvalue weighted by Crippen LogP contribution is -2.27. The van der Waals surface area contributed by atoms with Crippen LogP contribution in [0.25, 0.3) is 0 Å². The Kier molecular flexibility index (Phi) is 6.76. The van der Waals surface area contributed by atoms with E-state index in [2.05, 4.69) is 10.6 Å². The summed E-state index contributed by atoms with van der Waals surface area (Å²) in [6.07, 6.45) is 1.24. The number of anilines is 1. The largest absolute Gasteiger partial charge is 0.497 e. The topological polar surface area (TPSA) is 50.4 Å². The number of benzene rings is 2. The second kappa shape index (κ2) is 9.06. The van der Waals surface area contributed by atoms with Crippen molar-refractivity contribution in [2.24, 2.45) is 0 Å². The quantitative estimate of drug-likeness (QED) is 0.777. The molecule has 2 aromatic carbocycles. The Morgan fingerprint density at radius 3 is 2.39 bits per heavy atom. The number of methoxy groups -OCH3 is 1. The van der Waals surface area contributed by atoms with Crippen LogP contribution in [0.5, 0.6) is 5.75 Å². The maximum Gasteiger partial charge on any atom is 0.221 e. The molecule has 0 aliphatic rings. The number of nitrogens with one attached hydrogen (secondary N) is 2. The van der Waals surface area contributed by atoms with Crippen LogP contribution in [0.1, 0.15) is 12.0 Å². The molecule has 0 atom stereocenters. The molecule has 0 fully saturated rings. The second-order valence-corrected chi connectivity index (χ2v) is 5.57. The summed E-state index contributed by atoms with van der Waals surface area (Å²) in [5.41, 5.74) is 2.13. The molecule has 2 rings (SSSR count). The highest BCUT2D eigenvalue weighted by atomic mass is 35.5. The summed E-state index contributed by atoms with van der Waals surface area (Å²) in [6, 6.07) is 15.3. The molecule has 0 aliphatic heterocycles. The average Bonchev–Trinajstić information content (AvgIpc) is 2.57. The fraction of sp³-hybridized carbons (Fsp3) is 0.278. The lowest BCUT2D eigenvalue weighted by atomic mass is 10.1. The van der Waals surface area contributed by atoms with Crippen LogP contribution < -0.4 is 15.4 Å². The molecule has 0 aliphatic carbocycles. The van der Waals surface area contributed by atoms with Gasteiger partial charge >= 0.3 is 0 Å². The maximum atomic E-state index is 11.8. The van der Waals surface area contributed by atoms with Gasteiger partial charge in [0.15, 0.2) is 0 Å². The molecule has 2 aromatic rings. The fourth-order valence-electron chi connectivity index (χ4n) is 2.11. The van der Waals surface area contributed by atoms with Crippen molar-refractivity contribution in [1.29, 1.82) is 0 Å². The summed E-state index contributed by atoms with van der Waals surface area (Å²) in [4.78, 5) is 11.8. The molecule has 0 radical (unpaired) electrons. The summed E-state index contributed by atoms with van der Waals surface area (Å²) >= 11 is 5.84. The van der Waals surface area contributed by atoms with Crippen molar-refractivity contribution in [1.82, 2.24) is 5.32 Å². The third kappa shape index (κ3) is 6.20. The van der Waals surface area contributed by atoms with Crippen LogP contribution in [0.4, 0.5) is 5.69 Å². The second-order valence-electron chi connectivity index (χ2n) is 5.13. The van der Waals surface area contributed by atoms with E-state index in [9.17, 15) is 4.79 Å². The van der Waals surface area contributed by atoms with Gasteiger partial charge in [0.2, 0.25) is 5.91 Å². The number of ether oxygens (including phenoxy) is 1. The normalized spacial score (nSPS) is 10.2. The Bertz CT molecular complexity index is 612. The molecule has 2 N–H and O–H groups in total. The average molecular weight is 333 g/mol. The van der Waals surface area contributed by atoms with E-state index in [1.165, 1.54) is 0 Å². The molecule has 5 heteroatoms. The van der Waals surface area contributed by atoms with Gasteiger partial charge in [-0.25, -0.2) is 0 Å². The number of carbonyl (C=O) groups is 1. The van der Waals surface area contributed by atoms with Crippen LogP contribution in [-0.2, 0) is 11.2 Å². The first kappa shape index (κ1) is 17.2. The van der Waals surface area contributed by atoms with Gasteiger partial charge in [0, 0.05) is 30.2 Å². The van der Waals surface area contributed by atoms with Gasteiger partial charge in [-0.2, -0.15) is 0 Å². The van der Waals surface area contributed by atoms with Gasteiger partial charge in [-0.15, -0.1) is 0 Å². The third-order valence-corrected chi connectivity index (χ3v) is 3.67. The predicted molar refractivity (Wildman–Crippen MR) is 94.3 cm³/mol. The summed E-state index contributed by atoms with van der Waals surface area (Å²) in [5.74, 6) is 0.857. The van der Waals surface area contributed by atoms with E-state index in [1.807, 2.05) is 48.5 Å². The highest BCUT2D eigenvalue weighted by Gasteiger charge is 2.01. The molecule has 0 saturated heterocycles. The SMILES string of the molecule is COc1ccc(NCCC(=O)NCCc2ccc(Cl)cc2)cc1. The molecule has 0 spiro atoms. The molecule has 0 aromatic heterocycles.